The summed E-state index contributed by atoms with van der Waals surface area (Å²) in [6.07, 6.45) is 2.55. The summed E-state index contributed by atoms with van der Waals surface area (Å²) in [7, 11) is -3.74. The van der Waals surface area contributed by atoms with E-state index in [1.165, 1.54) is 6.07 Å². The Morgan fingerprint density at radius 2 is 2.00 bits per heavy atom. The molecule has 25 heavy (non-hydrogen) atoms. The lowest BCUT2D eigenvalue weighted by molar-refractivity contribution is 0.0529. The number of pyridine rings is 1. The number of hydrogen-bond donors (Lipinski definition) is 2. The predicted molar refractivity (Wildman–Crippen MR) is 98.9 cm³/mol. The first-order valence-electron chi connectivity index (χ1n) is 7.58. The van der Waals surface area contributed by atoms with E-state index in [2.05, 4.69) is 31.0 Å². The van der Waals surface area contributed by atoms with Gasteiger partial charge in [-0.2, -0.15) is 0 Å². The van der Waals surface area contributed by atoms with E-state index in [4.69, 9.17) is 4.74 Å². The van der Waals surface area contributed by atoms with Gasteiger partial charge in [-0.05, 0) is 39.0 Å². The summed E-state index contributed by atoms with van der Waals surface area (Å²) in [6.45, 7) is 5.41. The van der Waals surface area contributed by atoms with E-state index in [9.17, 15) is 13.2 Å². The number of nitrogens with zero attached hydrogens (tertiary/aromatic N) is 1. The van der Waals surface area contributed by atoms with E-state index in [0.717, 1.165) is 0 Å². The quantitative estimate of drug-likeness (QED) is 0.711. The Kier molecular flexibility index (Phi) is 6.02. The zero-order valence-corrected chi connectivity index (χ0v) is 16.6. The number of halogens is 1. The van der Waals surface area contributed by atoms with Crippen LogP contribution in [0.15, 0.2) is 40.0 Å². The Hall–Kier alpha value is -1.71. The molecule has 2 N–H and O–H groups in total. The summed E-state index contributed by atoms with van der Waals surface area (Å²) in [5, 5.41) is 3.79. The second-order valence-corrected chi connectivity index (χ2v) is 8.98. The topological polar surface area (TPSA) is 97.4 Å². The summed E-state index contributed by atoms with van der Waals surface area (Å²) in [5.41, 5.74) is -0.604. The van der Waals surface area contributed by atoms with Gasteiger partial charge in [-0.25, -0.2) is 17.9 Å². The Morgan fingerprint density at radius 1 is 1.28 bits per heavy atom. The van der Waals surface area contributed by atoms with Gasteiger partial charge in [0.2, 0.25) is 10.0 Å². The Morgan fingerprint density at radius 3 is 2.68 bits per heavy atom. The summed E-state index contributed by atoms with van der Waals surface area (Å²) >= 11 is 3.31. The van der Waals surface area contributed by atoms with Crippen LogP contribution in [0.2, 0.25) is 0 Å². The standard InChI is InChI=1S/C16H20BrN3O4S/c1-16(2,3)24-15(21)19-6-7-20-25(22,23)14-9-12(17)8-11-10-18-5-4-13(11)14/h4-5,8-10,20H,6-7H2,1-3H3,(H,19,21). The second kappa shape index (κ2) is 7.67. The first kappa shape index (κ1) is 19.6. The Labute approximate surface area is 155 Å². The molecule has 1 amide bonds. The molecule has 0 unspecified atom stereocenters. The van der Waals surface area contributed by atoms with E-state index >= 15 is 0 Å². The highest BCUT2D eigenvalue weighted by Crippen LogP contribution is 2.26. The molecular formula is C16H20BrN3O4S. The van der Waals surface area contributed by atoms with Gasteiger partial charge in [0, 0.05) is 40.7 Å². The summed E-state index contributed by atoms with van der Waals surface area (Å²) in [5.74, 6) is 0. The van der Waals surface area contributed by atoms with Crippen LogP contribution in [0.25, 0.3) is 10.8 Å². The van der Waals surface area contributed by atoms with E-state index in [1.807, 2.05) is 0 Å². The fourth-order valence-corrected chi connectivity index (χ4v) is 4.01. The highest BCUT2D eigenvalue weighted by Gasteiger charge is 2.19. The maximum absolute atomic E-state index is 12.6. The van der Waals surface area contributed by atoms with Crippen molar-refractivity contribution in [2.75, 3.05) is 13.1 Å². The Bertz CT molecular complexity index is 879. The van der Waals surface area contributed by atoms with Gasteiger partial charge in [0.1, 0.15) is 5.60 Å². The molecular weight excluding hydrogens is 410 g/mol. The smallest absolute Gasteiger partial charge is 0.407 e. The molecule has 0 spiro atoms. The van der Waals surface area contributed by atoms with Crippen LogP contribution in [0.1, 0.15) is 20.8 Å². The largest absolute Gasteiger partial charge is 0.444 e. The summed E-state index contributed by atoms with van der Waals surface area (Å²) in [4.78, 5) is 15.7. The minimum absolute atomic E-state index is 0.0423. The monoisotopic (exact) mass is 429 g/mol. The lowest BCUT2D eigenvalue weighted by Crippen LogP contribution is -2.37. The number of nitrogens with one attached hydrogen (secondary N) is 2. The molecule has 0 radical (unpaired) electrons. The second-order valence-electron chi connectivity index (χ2n) is 6.33. The highest BCUT2D eigenvalue weighted by atomic mass is 79.9. The molecule has 0 saturated heterocycles. The minimum Gasteiger partial charge on any atom is -0.444 e. The molecule has 0 aliphatic carbocycles. The van der Waals surface area contributed by atoms with Crippen LogP contribution >= 0.6 is 15.9 Å². The average molecular weight is 430 g/mol. The van der Waals surface area contributed by atoms with Crippen molar-refractivity contribution in [1.29, 1.82) is 0 Å². The van der Waals surface area contributed by atoms with Gasteiger partial charge in [0.05, 0.1) is 4.90 Å². The van der Waals surface area contributed by atoms with Gasteiger partial charge in [-0.3, -0.25) is 4.98 Å². The summed E-state index contributed by atoms with van der Waals surface area (Å²) < 4.78 is 33.4. The Balaban J connectivity index is 2.04. The van der Waals surface area contributed by atoms with Gasteiger partial charge < -0.3 is 10.1 Å². The number of ether oxygens (including phenoxy) is 1. The molecule has 9 heteroatoms. The molecule has 1 aromatic carbocycles. The van der Waals surface area contributed by atoms with Crippen molar-refractivity contribution in [3.8, 4) is 0 Å². The van der Waals surface area contributed by atoms with Gasteiger partial charge in [-0.1, -0.05) is 15.9 Å². The molecule has 0 bridgehead atoms. The molecule has 0 aliphatic heterocycles. The molecule has 2 aromatic rings. The first-order valence-corrected chi connectivity index (χ1v) is 9.86. The SMILES string of the molecule is CC(C)(C)OC(=O)NCCNS(=O)(=O)c1cc(Br)cc2cnccc12. The number of hydrogen-bond acceptors (Lipinski definition) is 5. The van der Waals surface area contributed by atoms with Gasteiger partial charge in [0.15, 0.2) is 0 Å². The highest BCUT2D eigenvalue weighted by molar-refractivity contribution is 9.10. The third-order valence-corrected chi connectivity index (χ3v) is 5.01. The number of carbonyl (C=O) groups is 1. The van der Waals surface area contributed by atoms with Crippen molar-refractivity contribution < 1.29 is 17.9 Å². The van der Waals surface area contributed by atoms with Crippen molar-refractivity contribution in [2.45, 2.75) is 31.3 Å². The number of benzene rings is 1. The first-order chi connectivity index (χ1) is 11.6. The molecule has 136 valence electrons. The maximum atomic E-state index is 12.6. The molecule has 2 rings (SSSR count). The maximum Gasteiger partial charge on any atom is 0.407 e. The number of aromatic nitrogens is 1. The third-order valence-electron chi connectivity index (χ3n) is 3.05. The van der Waals surface area contributed by atoms with Crippen LogP contribution in [0.4, 0.5) is 4.79 Å². The van der Waals surface area contributed by atoms with E-state index in [0.29, 0.717) is 15.2 Å². The predicted octanol–water partition coefficient (Wildman–Crippen LogP) is 2.80. The van der Waals surface area contributed by atoms with Crippen molar-refractivity contribution in [1.82, 2.24) is 15.0 Å². The van der Waals surface area contributed by atoms with E-state index in [1.54, 1.807) is 45.3 Å². The number of sulfonamides is 1. The van der Waals surface area contributed by atoms with Crippen LogP contribution in [-0.4, -0.2) is 38.2 Å². The van der Waals surface area contributed by atoms with Crippen molar-refractivity contribution in [3.05, 3.63) is 35.1 Å². The van der Waals surface area contributed by atoms with Gasteiger partial charge in [0.25, 0.3) is 0 Å². The fourth-order valence-electron chi connectivity index (χ4n) is 2.10. The molecule has 0 aliphatic rings. The van der Waals surface area contributed by atoms with Crippen molar-refractivity contribution in [2.24, 2.45) is 0 Å². The van der Waals surface area contributed by atoms with E-state index in [-0.39, 0.29) is 18.0 Å². The van der Waals surface area contributed by atoms with Crippen LogP contribution in [0.3, 0.4) is 0 Å². The minimum atomic E-state index is -3.74. The molecule has 0 fully saturated rings. The third kappa shape index (κ3) is 5.65. The number of alkyl carbamates (subject to hydrolysis) is 1. The van der Waals surface area contributed by atoms with E-state index < -0.39 is 21.7 Å². The van der Waals surface area contributed by atoms with Crippen LogP contribution in [0.5, 0.6) is 0 Å². The molecule has 1 aromatic heterocycles. The average Bonchev–Trinajstić information content (AvgIpc) is 2.49. The lowest BCUT2D eigenvalue weighted by atomic mass is 10.2. The molecule has 0 atom stereocenters. The van der Waals surface area contributed by atoms with Crippen LogP contribution in [-0.2, 0) is 14.8 Å². The number of rotatable bonds is 5. The zero-order chi connectivity index (χ0) is 18.7. The number of amides is 1. The molecule has 1 heterocycles. The summed E-state index contributed by atoms with van der Waals surface area (Å²) in [6, 6.07) is 4.98. The fraction of sp³-hybridized carbons (Fsp3) is 0.375. The number of fused-ring (bicyclic) bond motifs is 1. The van der Waals surface area contributed by atoms with Crippen molar-refractivity contribution in [3.63, 3.8) is 0 Å². The molecule has 0 saturated carbocycles. The van der Waals surface area contributed by atoms with Crippen LogP contribution in [0, 0.1) is 0 Å². The van der Waals surface area contributed by atoms with Crippen molar-refractivity contribution >= 4 is 42.8 Å². The zero-order valence-electron chi connectivity index (χ0n) is 14.2. The number of carbonyl (C=O) groups excluding carboxylic acids is 1. The van der Waals surface area contributed by atoms with Gasteiger partial charge in [-0.15, -0.1) is 0 Å². The van der Waals surface area contributed by atoms with Crippen LogP contribution < -0.4 is 10.0 Å². The lowest BCUT2D eigenvalue weighted by Gasteiger charge is -2.19. The molecule has 7 nitrogen and oxygen atoms in total. The normalized spacial score (nSPS) is 12.2. The van der Waals surface area contributed by atoms with Gasteiger partial charge >= 0.3 is 6.09 Å².